The maximum atomic E-state index is 9.24. The van der Waals surface area contributed by atoms with Crippen molar-refractivity contribution in [2.24, 2.45) is 5.73 Å². The molecule has 0 unspecified atom stereocenters. The second kappa shape index (κ2) is 6.41. The summed E-state index contributed by atoms with van der Waals surface area (Å²) in [5, 5.41) is 7.60. The molecule has 1 heterocycles. The van der Waals surface area contributed by atoms with Gasteiger partial charge in [-0.3, -0.25) is 4.79 Å². The first-order valence-corrected chi connectivity index (χ1v) is 5.60. The average molecular weight is 269 g/mol. The zero-order valence-electron chi connectivity index (χ0n) is 6.28. The predicted molar refractivity (Wildman–Crippen MR) is 44.8 cm³/mol. The van der Waals surface area contributed by atoms with Crippen LogP contribution in [0.3, 0.4) is 0 Å². The molecule has 0 aliphatic heterocycles. The Morgan fingerprint density at radius 2 is 2.36 bits per heavy atom. The van der Waals surface area contributed by atoms with Gasteiger partial charge < -0.3 is 10.8 Å². The normalized spacial score (nSPS) is 8.18. The fourth-order valence-electron chi connectivity index (χ4n) is 0.361. The van der Waals surface area contributed by atoms with Crippen molar-refractivity contribution in [1.29, 1.82) is 0 Å². The molecule has 0 amide bonds. The van der Waals surface area contributed by atoms with Gasteiger partial charge in [-0.2, -0.15) is 0 Å². The third-order valence-electron chi connectivity index (χ3n) is 0.838. The van der Waals surface area contributed by atoms with Gasteiger partial charge in [-0.15, -0.1) is 0 Å². The van der Waals surface area contributed by atoms with Gasteiger partial charge in [-0.1, -0.05) is 0 Å². The molecule has 0 radical (unpaired) electrons. The molecule has 3 N–H and O–H groups in total. The van der Waals surface area contributed by atoms with E-state index >= 15 is 0 Å². The first-order chi connectivity index (χ1) is 5.16. The molecule has 0 fully saturated rings. The van der Waals surface area contributed by atoms with E-state index in [-0.39, 0.29) is 27.0 Å². The molecule has 0 saturated heterocycles. The minimum Gasteiger partial charge on any atom is -0.480 e. The van der Waals surface area contributed by atoms with E-state index in [1.165, 1.54) is 0 Å². The Morgan fingerprint density at radius 1 is 1.82 bits per heavy atom. The van der Waals surface area contributed by atoms with Crippen LogP contribution in [0.2, 0.25) is 0 Å². The summed E-state index contributed by atoms with van der Waals surface area (Å²) in [4.78, 5) is 9.24. The predicted octanol–water partition coefficient (Wildman–Crippen LogP) is 0.0817. The van der Waals surface area contributed by atoms with Gasteiger partial charge in [0.05, 0.1) is 6.54 Å². The maximum absolute atomic E-state index is 9.24. The molecule has 62 valence electrons. The first-order valence-electron chi connectivity index (χ1n) is 3.08. The summed E-state index contributed by atoms with van der Waals surface area (Å²) in [5.41, 5.74) is 4.57. The van der Waals surface area contributed by atoms with E-state index in [4.69, 9.17) is 5.11 Å². The Balaban J connectivity index is 0.000000187. The number of carboxylic acids is 1. The molecule has 0 aliphatic rings. The van der Waals surface area contributed by atoms with E-state index in [2.05, 4.69) is 28.9 Å². The number of hydrogen-bond donors (Lipinski definition) is 2. The second-order valence-electron chi connectivity index (χ2n) is 1.82. The summed E-state index contributed by atoms with van der Waals surface area (Å²) in [5.74, 6) is -0.968. The van der Waals surface area contributed by atoms with Crippen LogP contribution >= 0.6 is 0 Å². The Morgan fingerprint density at radius 3 is 2.45 bits per heavy atom. The molecule has 1 aromatic rings. The summed E-state index contributed by atoms with van der Waals surface area (Å²) < 4.78 is 3.89. The Kier molecular flexibility index (Phi) is 6.24. The van der Waals surface area contributed by atoms with E-state index < -0.39 is 5.97 Å². The second-order valence-corrected chi connectivity index (χ2v) is 5.11. The largest absolute Gasteiger partial charge is 0.480 e. The number of aliphatic carboxylic acids is 1. The molecule has 0 aromatic carbocycles. The zero-order chi connectivity index (χ0) is 8.69. The fraction of sp³-hybridized carbons (Fsp3) is 0.286. The quantitative estimate of drug-likeness (QED) is 0.709. The van der Waals surface area contributed by atoms with Gasteiger partial charge in [-0.05, 0) is 0 Å². The van der Waals surface area contributed by atoms with E-state index in [1.807, 2.05) is 0 Å². The van der Waals surface area contributed by atoms with Crippen LogP contribution in [0.1, 0.15) is 3.58 Å². The summed E-state index contributed by atoms with van der Waals surface area (Å²) in [6, 6.07) is 4.35. The van der Waals surface area contributed by atoms with Crippen LogP contribution in [-0.4, -0.2) is 38.1 Å². The molecule has 4 heteroatoms. The van der Waals surface area contributed by atoms with Gasteiger partial charge in [0.25, 0.3) is 0 Å². The van der Waals surface area contributed by atoms with E-state index in [1.54, 1.807) is 3.58 Å². The average Bonchev–Trinajstić information content (AvgIpc) is 2.41. The van der Waals surface area contributed by atoms with Crippen LogP contribution in [0, 0.1) is 6.92 Å². The number of rotatable bonds is 1. The third-order valence-corrected chi connectivity index (χ3v) is 3.12. The first kappa shape index (κ1) is 10.7. The summed E-state index contributed by atoms with van der Waals surface area (Å²) in [7, 11) is 0. The van der Waals surface area contributed by atoms with Crippen molar-refractivity contribution in [2.45, 2.75) is 6.92 Å². The Hall–Kier alpha value is -0.300. The van der Waals surface area contributed by atoms with Crippen molar-refractivity contribution in [2.75, 3.05) is 6.54 Å². The number of carboxylic acid groups (broad SMARTS) is 1. The Bertz CT molecular complexity index is 196. The van der Waals surface area contributed by atoms with Crippen molar-refractivity contribution in [3.8, 4) is 0 Å². The molecule has 0 atom stereocenters. The molecule has 3 nitrogen and oxygen atoms in total. The van der Waals surface area contributed by atoms with Crippen LogP contribution in [0.25, 0.3) is 0 Å². The van der Waals surface area contributed by atoms with Crippen LogP contribution in [0.5, 0.6) is 0 Å². The van der Waals surface area contributed by atoms with Crippen molar-refractivity contribution in [3.63, 3.8) is 0 Å². The summed E-state index contributed by atoms with van der Waals surface area (Å²) in [6.07, 6.45) is 0. The number of carbonyl (C=O) groups is 1. The molecule has 0 saturated carbocycles. The SMILES string of the molecule is Cc1ccc[te]1.NCC(=O)O. The summed E-state index contributed by atoms with van der Waals surface area (Å²) >= 11 is 0.213. The minimum atomic E-state index is -0.968. The van der Waals surface area contributed by atoms with Gasteiger partial charge in [0.1, 0.15) is 0 Å². The van der Waals surface area contributed by atoms with E-state index in [0.29, 0.717) is 0 Å². The van der Waals surface area contributed by atoms with Gasteiger partial charge in [-0.25, -0.2) is 0 Å². The topological polar surface area (TPSA) is 63.3 Å². The number of nitrogens with two attached hydrogens (primary N) is 1. The number of hydrogen-bond acceptors (Lipinski definition) is 2. The maximum Gasteiger partial charge on any atom is 0.317 e. The molecule has 0 aliphatic carbocycles. The molecule has 11 heavy (non-hydrogen) atoms. The fourth-order valence-corrected chi connectivity index (χ4v) is 1.87. The molecule has 1 rings (SSSR count). The number of aryl methyl sites for hydroxylation is 1. The molecular weight excluding hydrogens is 258 g/mol. The van der Waals surface area contributed by atoms with Crippen molar-refractivity contribution in [1.82, 2.24) is 0 Å². The van der Waals surface area contributed by atoms with Gasteiger partial charge in [0.15, 0.2) is 0 Å². The van der Waals surface area contributed by atoms with Crippen molar-refractivity contribution < 1.29 is 9.90 Å². The van der Waals surface area contributed by atoms with Crippen molar-refractivity contribution in [3.05, 3.63) is 19.8 Å². The van der Waals surface area contributed by atoms with Crippen LogP contribution in [0.4, 0.5) is 0 Å². The van der Waals surface area contributed by atoms with E-state index in [9.17, 15) is 4.79 Å². The standard InChI is InChI=1S/C5H6Te.C2H5NO2/c1-5-3-2-4-6-5;3-1-2(4)5/h2-4H,1H3;1,3H2,(H,4,5). The zero-order valence-corrected chi connectivity index (χ0v) is 8.61. The van der Waals surface area contributed by atoms with Crippen LogP contribution < -0.4 is 5.73 Å². The van der Waals surface area contributed by atoms with Gasteiger partial charge in [0, 0.05) is 0 Å². The van der Waals surface area contributed by atoms with Gasteiger partial charge >= 0.3 is 53.1 Å². The van der Waals surface area contributed by atoms with E-state index in [0.717, 1.165) is 0 Å². The van der Waals surface area contributed by atoms with Crippen LogP contribution in [0.15, 0.2) is 16.2 Å². The monoisotopic (exact) mass is 271 g/mol. The Labute approximate surface area is 75.5 Å². The van der Waals surface area contributed by atoms with Crippen molar-refractivity contribution >= 4 is 26.4 Å². The third kappa shape index (κ3) is 7.60. The molecule has 1 aromatic heterocycles. The summed E-state index contributed by atoms with van der Waals surface area (Å²) in [6.45, 7) is 1.92. The van der Waals surface area contributed by atoms with Gasteiger partial charge in [0.2, 0.25) is 0 Å². The van der Waals surface area contributed by atoms with Crippen LogP contribution in [-0.2, 0) is 4.79 Å². The molecule has 0 bridgehead atoms. The minimum absolute atomic E-state index is 0.213. The smallest absolute Gasteiger partial charge is 0.317 e. The molecular formula is C7H11NO2Te. The molecule has 0 spiro atoms.